The number of rotatable bonds is 56. The lowest BCUT2D eigenvalue weighted by Crippen LogP contribution is -2.61. The molecule has 12 amide bonds. The molecule has 1 heterocycles. The van der Waals surface area contributed by atoms with E-state index in [0.29, 0.717) is 19.3 Å². The van der Waals surface area contributed by atoms with Gasteiger partial charge in [0.05, 0.1) is 6.10 Å². The van der Waals surface area contributed by atoms with E-state index in [1.54, 1.807) is 13.8 Å². The van der Waals surface area contributed by atoms with E-state index in [9.17, 15) is 72.5 Å². The molecule has 0 aliphatic carbocycles. The molecule has 40 N–H and O–H groups in total. The summed E-state index contributed by atoms with van der Waals surface area (Å²) in [5, 5.41) is 45.3. The summed E-state index contributed by atoms with van der Waals surface area (Å²) in [5.41, 5.74) is 78.8. The summed E-state index contributed by atoms with van der Waals surface area (Å²) in [4.78, 5) is 202. The molecule has 1 aliphatic rings. The number of hydrogen-bond acceptors (Lipinski definition) is 22. The predicted molar refractivity (Wildman–Crippen MR) is 406 cm³/mol. The first-order valence-corrected chi connectivity index (χ1v) is 36.4. The van der Waals surface area contributed by atoms with Crippen molar-refractivity contribution in [2.45, 2.75) is 228 Å². The Morgan fingerprint density at radius 1 is 0.422 bits per heavy atom. The van der Waals surface area contributed by atoms with E-state index in [2.05, 4.69) is 78.1 Å². The van der Waals surface area contributed by atoms with Crippen LogP contribution in [-0.4, -0.2) is 253 Å². The minimum atomic E-state index is -1.57. The highest BCUT2D eigenvalue weighted by atomic mass is 16.4. The van der Waals surface area contributed by atoms with Gasteiger partial charge in [-0.05, 0) is 148 Å². The number of aliphatic hydroxyl groups excluding tert-OH is 1. The zero-order valence-corrected chi connectivity index (χ0v) is 62.7. The van der Waals surface area contributed by atoms with Gasteiger partial charge in [-0.1, -0.05) is 20.3 Å². The first-order valence-electron chi connectivity index (χ1n) is 36.4. The van der Waals surface area contributed by atoms with Crippen LogP contribution >= 0.6 is 0 Å². The topological polar surface area (TPSA) is 812 Å². The van der Waals surface area contributed by atoms with Crippen molar-refractivity contribution in [3.8, 4) is 0 Å². The summed E-state index contributed by atoms with van der Waals surface area (Å²) in [6.45, 7) is 4.08. The fraction of sp³-hybridized carbons (Fsp3) is 0.719. The molecule has 0 unspecified atom stereocenters. The molecule has 1 aliphatic heterocycles. The van der Waals surface area contributed by atoms with Crippen LogP contribution in [0.15, 0.2) is 25.0 Å². The van der Waals surface area contributed by atoms with Crippen LogP contribution in [0, 0.1) is 5.92 Å². The maximum atomic E-state index is 14.9. The SMILES string of the molecule is CC[C@H](C)[C@H](NC(=O)[C@H](CCCN=C(N)N)NC(=O)[C@H](CCC(N)=O)NC(=O)[C@@H]1CCCN1C(=O)[C@@H](N)[C@@H](C)O)C(=O)N[C@@H](CCCN=C(N)N)C(=O)N[C@@H](CCCN=C(N)N)C(=O)N[C@@H](CCCN=C(N)N)C(=O)N[C@@H](CCCCN)C(=O)N[C@@H](CCCCN)C(=O)N[C@@H](CCCN=C(N)N)C(=O)NCC(=O)O. The number of carbonyl (C=O) groups excluding carboxylic acids is 12. The number of aliphatic imine (C=N–C) groups is 5. The van der Waals surface area contributed by atoms with Crippen LogP contribution in [0.1, 0.15) is 156 Å². The molecule has 109 heavy (non-hydrogen) atoms. The van der Waals surface area contributed by atoms with Gasteiger partial charge in [0.25, 0.3) is 0 Å². The van der Waals surface area contributed by atoms with Crippen molar-refractivity contribution >= 4 is 107 Å². The minimum absolute atomic E-state index is 0.0123. The summed E-state index contributed by atoms with van der Waals surface area (Å²) in [5.74, 6) is -14.3. The number of aliphatic carboxylic acids is 1. The highest BCUT2D eigenvalue weighted by Gasteiger charge is 2.41. The molecule has 0 saturated carbocycles. The smallest absolute Gasteiger partial charge is 0.322 e. The van der Waals surface area contributed by atoms with Gasteiger partial charge < -0.3 is 149 Å². The van der Waals surface area contributed by atoms with Crippen LogP contribution < -0.4 is 133 Å². The number of nitrogens with one attached hydrogen (secondary N) is 10. The quantitative estimate of drug-likeness (QED) is 0.0153. The third-order valence-corrected chi connectivity index (χ3v) is 17.2. The molecule has 0 spiro atoms. The molecule has 0 aromatic heterocycles. The highest BCUT2D eigenvalue weighted by Crippen LogP contribution is 2.21. The van der Waals surface area contributed by atoms with Crippen LogP contribution in [0.5, 0.6) is 0 Å². The second kappa shape index (κ2) is 53.1. The fourth-order valence-electron chi connectivity index (χ4n) is 11.0. The number of likely N-dealkylation sites (tertiary alicyclic amines) is 1. The summed E-state index contributed by atoms with van der Waals surface area (Å²) >= 11 is 0. The summed E-state index contributed by atoms with van der Waals surface area (Å²) in [6, 6.07) is -15.8. The van der Waals surface area contributed by atoms with Gasteiger partial charge in [-0.15, -0.1) is 0 Å². The maximum absolute atomic E-state index is 14.9. The lowest BCUT2D eigenvalue weighted by molar-refractivity contribution is -0.142. The zero-order valence-electron chi connectivity index (χ0n) is 62.7. The van der Waals surface area contributed by atoms with Gasteiger partial charge in [0.15, 0.2) is 29.8 Å². The normalized spacial score (nSPS) is 15.6. The lowest BCUT2D eigenvalue weighted by Gasteiger charge is -2.30. The number of unbranched alkanes of at least 4 members (excludes halogenated alkanes) is 2. The first kappa shape index (κ1) is 96.3. The molecule has 1 saturated heterocycles. The van der Waals surface area contributed by atoms with Crippen molar-refractivity contribution < 1.29 is 72.5 Å². The van der Waals surface area contributed by atoms with E-state index in [0.717, 1.165) is 0 Å². The molecular formula is C64H122N30O15. The molecule has 13 atom stereocenters. The number of hydrogen-bond donors (Lipinski definition) is 26. The van der Waals surface area contributed by atoms with Gasteiger partial charge in [0.2, 0.25) is 70.9 Å². The van der Waals surface area contributed by atoms with Crippen LogP contribution in [0.3, 0.4) is 0 Å². The molecule has 618 valence electrons. The Bertz CT molecular complexity index is 3100. The second-order valence-corrected chi connectivity index (χ2v) is 26.2. The number of carbonyl (C=O) groups is 13. The molecule has 45 heteroatoms. The Balaban J connectivity index is 3.97. The average molecular weight is 1550 g/mol. The molecule has 45 nitrogen and oxygen atoms in total. The highest BCUT2D eigenvalue weighted by molar-refractivity contribution is 6.00. The van der Waals surface area contributed by atoms with Gasteiger partial charge in [-0.3, -0.25) is 87.3 Å². The number of nitrogens with two attached hydrogens (primary N) is 14. The number of primary amides is 1. The standard InChI is InChI=1S/C64H122N30O15/c1-4-34(2)48(93-56(106)42(21-13-31-83-64(77)78)90-55(105)43(23-24-45(67)96)91-57(107)44-22-14-32-94(44)59(109)47(68)35(3)95)58(108)92-41(20-12-30-82-63(75)76)54(104)89-40(19-11-29-81-62(73)74)53(103)88-39(18-10-28-80-61(71)72)52(102)87-38(16-6-8-26-66)51(101)86-37(15-5-7-25-65)50(100)85-36(17-9-27-79-60(69)70)49(99)84-33-46(97)98/h34-44,47-48,95H,4-33,65-66,68H2,1-3H3,(H2,67,96)(H,84,99)(H,85,100)(H,86,101)(H,87,102)(H,88,103)(H,89,104)(H,90,105)(H,91,107)(H,92,108)(H,93,106)(H,97,98)(H4,69,70,79)(H4,71,72,80)(H4,73,74,81)(H4,75,76,82)(H4,77,78,83)/t34-,35+,36-,37-,38-,39-,40-,41-,42-,43-,44-,47-,48-/m0/s1. The Morgan fingerprint density at radius 3 is 1.02 bits per heavy atom. The molecular weight excluding hydrogens is 1430 g/mol. The van der Waals surface area contributed by atoms with E-state index in [1.165, 1.54) is 11.8 Å². The maximum Gasteiger partial charge on any atom is 0.322 e. The van der Waals surface area contributed by atoms with Crippen LogP contribution in [-0.2, 0) is 62.3 Å². The zero-order chi connectivity index (χ0) is 82.3. The number of amides is 12. The van der Waals surface area contributed by atoms with E-state index in [-0.39, 0.29) is 191 Å². The summed E-state index contributed by atoms with van der Waals surface area (Å²) < 4.78 is 0. The summed E-state index contributed by atoms with van der Waals surface area (Å²) in [6.07, 6.45) is -0.785. The van der Waals surface area contributed by atoms with E-state index >= 15 is 0 Å². The van der Waals surface area contributed by atoms with Crippen LogP contribution in [0.4, 0.5) is 0 Å². The van der Waals surface area contributed by atoms with Crippen molar-refractivity contribution in [3.63, 3.8) is 0 Å². The third kappa shape index (κ3) is 40.2. The van der Waals surface area contributed by atoms with Crippen molar-refractivity contribution in [1.82, 2.24) is 58.1 Å². The number of carboxylic acid groups (broad SMARTS) is 1. The largest absolute Gasteiger partial charge is 0.480 e. The first-order chi connectivity index (χ1) is 51.5. The Kier molecular flexibility index (Phi) is 47.0. The lowest BCUT2D eigenvalue weighted by atomic mass is 9.96. The van der Waals surface area contributed by atoms with Crippen LogP contribution in [0.25, 0.3) is 0 Å². The van der Waals surface area contributed by atoms with Gasteiger partial charge >= 0.3 is 5.97 Å². The second-order valence-electron chi connectivity index (χ2n) is 26.2. The van der Waals surface area contributed by atoms with Gasteiger partial charge in [0, 0.05) is 45.7 Å². The number of aliphatic hydroxyl groups is 1. The minimum Gasteiger partial charge on any atom is -0.480 e. The number of nitrogens with zero attached hydrogens (tertiary/aromatic N) is 6. The van der Waals surface area contributed by atoms with Crippen molar-refractivity contribution in [1.29, 1.82) is 0 Å². The number of carboxylic acids is 1. The van der Waals surface area contributed by atoms with Gasteiger partial charge in [-0.25, -0.2) is 0 Å². The van der Waals surface area contributed by atoms with Crippen molar-refractivity contribution in [2.24, 2.45) is 111 Å². The van der Waals surface area contributed by atoms with E-state index in [4.69, 9.17) is 80.3 Å². The van der Waals surface area contributed by atoms with Crippen molar-refractivity contribution in [2.75, 3.05) is 58.9 Å². The fourth-order valence-corrected chi connectivity index (χ4v) is 11.0. The Labute approximate surface area is 633 Å². The Hall–Kier alpha value is -10.7. The summed E-state index contributed by atoms with van der Waals surface area (Å²) in [7, 11) is 0. The molecule has 0 aromatic carbocycles. The van der Waals surface area contributed by atoms with E-state index < -0.39 is 168 Å². The van der Waals surface area contributed by atoms with Crippen molar-refractivity contribution in [3.05, 3.63) is 0 Å². The van der Waals surface area contributed by atoms with Gasteiger partial charge in [-0.2, -0.15) is 0 Å². The van der Waals surface area contributed by atoms with Crippen LogP contribution in [0.2, 0.25) is 0 Å². The average Bonchev–Trinajstić information content (AvgIpc) is 1.74. The third-order valence-electron chi connectivity index (χ3n) is 17.2. The molecule has 1 fully saturated rings. The molecule has 0 aromatic rings. The Morgan fingerprint density at radius 2 is 0.725 bits per heavy atom. The molecule has 0 bridgehead atoms. The monoisotopic (exact) mass is 1550 g/mol. The number of guanidine groups is 5. The van der Waals surface area contributed by atoms with Gasteiger partial charge in [0.1, 0.15) is 73.0 Å². The van der Waals surface area contributed by atoms with E-state index in [1.807, 2.05) is 0 Å². The molecule has 1 rings (SSSR count). The predicted octanol–water partition coefficient (Wildman–Crippen LogP) is -10.9. The molecule has 0 radical (unpaired) electrons.